The van der Waals surface area contributed by atoms with Crippen LogP contribution in [0.1, 0.15) is 219 Å². The Morgan fingerprint density at radius 1 is 0.485 bits per heavy atom. The molecular weight excluding hydrogens is 846 g/mol. The molecule has 0 amide bonds. The Hall–Kier alpha value is -2.55. The van der Waals surface area contributed by atoms with Crippen LogP contribution in [0.25, 0.3) is 0 Å². The van der Waals surface area contributed by atoms with Crippen molar-refractivity contribution < 1.29 is 42.1 Å². The van der Waals surface area contributed by atoms with Crippen molar-refractivity contribution in [1.29, 1.82) is 0 Å². The molecule has 0 bridgehead atoms. The molecule has 1 unspecified atom stereocenters. The largest absolute Gasteiger partial charge is 0.756 e. The lowest BCUT2D eigenvalue weighted by molar-refractivity contribution is -0.870. The number of esters is 2. The van der Waals surface area contributed by atoms with Crippen molar-refractivity contribution in [3.05, 3.63) is 72.9 Å². The first-order chi connectivity index (χ1) is 32.0. The minimum atomic E-state index is -4.65. The molecule has 0 aliphatic rings. The monoisotopic (exact) mass is 946 g/mol. The van der Waals surface area contributed by atoms with Crippen LogP contribution in [0.2, 0.25) is 0 Å². The zero-order chi connectivity index (χ0) is 48.5. The molecule has 66 heavy (non-hydrogen) atoms. The lowest BCUT2D eigenvalue weighted by atomic mass is 10.0. The van der Waals surface area contributed by atoms with E-state index in [4.69, 9.17) is 18.5 Å². The van der Waals surface area contributed by atoms with Gasteiger partial charge in [-0.1, -0.05) is 228 Å². The highest BCUT2D eigenvalue weighted by Crippen LogP contribution is 2.38. The summed E-state index contributed by atoms with van der Waals surface area (Å²) in [6.45, 7) is 4.05. The van der Waals surface area contributed by atoms with Gasteiger partial charge in [0.25, 0.3) is 7.82 Å². The predicted molar refractivity (Wildman–Crippen MR) is 277 cm³/mol. The molecule has 0 fully saturated rings. The number of nitrogens with zero attached hydrogens (tertiary/aromatic N) is 1. The summed E-state index contributed by atoms with van der Waals surface area (Å²) in [7, 11) is 1.12. The molecule has 2 atom stereocenters. The number of ether oxygens (including phenoxy) is 2. The van der Waals surface area contributed by atoms with E-state index in [1.165, 1.54) is 128 Å². The molecule has 0 N–H and O–H groups in total. The maximum Gasteiger partial charge on any atom is 0.306 e. The van der Waals surface area contributed by atoms with Gasteiger partial charge in [-0.15, -0.1) is 0 Å². The molecule has 0 aromatic rings. The van der Waals surface area contributed by atoms with Crippen molar-refractivity contribution in [2.45, 2.75) is 225 Å². The maximum atomic E-state index is 12.7. The van der Waals surface area contributed by atoms with Gasteiger partial charge < -0.3 is 27.9 Å². The van der Waals surface area contributed by atoms with Gasteiger partial charge in [-0.25, -0.2) is 0 Å². The number of allylic oxidation sites excluding steroid dienone is 12. The highest BCUT2D eigenvalue weighted by molar-refractivity contribution is 7.45. The molecule has 0 aliphatic carbocycles. The molecule has 9 nitrogen and oxygen atoms in total. The molecule has 0 saturated heterocycles. The lowest BCUT2D eigenvalue weighted by Crippen LogP contribution is -2.37. The summed E-state index contributed by atoms with van der Waals surface area (Å²) < 4.78 is 34.0. The van der Waals surface area contributed by atoms with Crippen LogP contribution in [-0.4, -0.2) is 70.0 Å². The smallest absolute Gasteiger partial charge is 0.306 e. The first-order valence-electron chi connectivity index (χ1n) is 26.6. The minimum absolute atomic E-state index is 0.0464. The number of quaternary nitrogens is 1. The van der Waals surface area contributed by atoms with Gasteiger partial charge in [0, 0.05) is 12.8 Å². The van der Waals surface area contributed by atoms with E-state index < -0.39 is 32.5 Å². The Bertz CT molecular complexity index is 1350. The van der Waals surface area contributed by atoms with Crippen LogP contribution in [0.3, 0.4) is 0 Å². The normalized spacial score (nSPS) is 14.0. The van der Waals surface area contributed by atoms with Gasteiger partial charge in [-0.05, 0) is 51.4 Å². The van der Waals surface area contributed by atoms with E-state index in [2.05, 4.69) is 74.6 Å². The van der Waals surface area contributed by atoms with Crippen LogP contribution in [0.5, 0.6) is 0 Å². The van der Waals surface area contributed by atoms with Gasteiger partial charge in [-0.3, -0.25) is 14.2 Å². The highest BCUT2D eigenvalue weighted by Gasteiger charge is 2.21. The Balaban J connectivity index is 4.29. The third kappa shape index (κ3) is 50.9. The summed E-state index contributed by atoms with van der Waals surface area (Å²) in [5, 5.41) is 0. The fraction of sp³-hybridized carbons (Fsp3) is 0.750. The van der Waals surface area contributed by atoms with Gasteiger partial charge >= 0.3 is 11.9 Å². The Morgan fingerprint density at radius 2 is 0.864 bits per heavy atom. The number of likely N-dealkylation sites (N-methyl/N-ethyl adjacent to an activating group) is 1. The maximum absolute atomic E-state index is 12.7. The third-order valence-corrected chi connectivity index (χ3v) is 12.2. The van der Waals surface area contributed by atoms with E-state index in [0.717, 1.165) is 57.8 Å². The van der Waals surface area contributed by atoms with Crippen molar-refractivity contribution >= 4 is 19.8 Å². The van der Waals surface area contributed by atoms with Gasteiger partial charge in [0.2, 0.25) is 0 Å². The average molecular weight is 946 g/mol. The van der Waals surface area contributed by atoms with E-state index >= 15 is 0 Å². The molecule has 0 heterocycles. The van der Waals surface area contributed by atoms with Gasteiger partial charge in [-0.2, -0.15) is 0 Å². The molecule has 10 heteroatoms. The lowest BCUT2D eigenvalue weighted by Gasteiger charge is -2.28. The number of rotatable bonds is 48. The van der Waals surface area contributed by atoms with E-state index in [-0.39, 0.29) is 26.1 Å². The van der Waals surface area contributed by atoms with Crippen LogP contribution < -0.4 is 4.89 Å². The SMILES string of the molecule is CC/C=C/C/C=C/C/C=C/C/C=C/C/C=C/C/C=C/CCC(=O)O[C@H](COC(=O)CCCCCCCCCCCCCCCCCCCCCCCCC)COP(=O)([O-])OCC[N+](C)(C)C. The second kappa shape index (κ2) is 47.5. The van der Waals surface area contributed by atoms with E-state index in [1.807, 2.05) is 33.3 Å². The molecule has 0 radical (unpaired) electrons. The van der Waals surface area contributed by atoms with Crippen molar-refractivity contribution in [2.24, 2.45) is 0 Å². The molecule has 0 saturated carbocycles. The molecule has 0 aromatic heterocycles. The fourth-order valence-electron chi connectivity index (χ4n) is 7.15. The van der Waals surface area contributed by atoms with Crippen LogP contribution in [0.4, 0.5) is 0 Å². The second-order valence-corrected chi connectivity index (χ2v) is 20.3. The standard InChI is InChI=1S/C56H100NO8P/c1-6-8-10-12-14-16-18-20-22-24-26-27-28-29-31-32-34-36-38-40-42-44-46-48-55(58)62-52-54(53-64-66(60,61)63-51-50-57(3,4)5)65-56(59)49-47-45-43-41-39-37-35-33-30-25-23-21-19-17-15-13-11-9-7-2/h9,11,15,17,21,23,30,33,37,39,43,45,54H,6-8,10,12-14,16,18-20,22,24-29,31-32,34-36,38,40-42,44,46-53H2,1-5H3/b11-9+,17-15+,23-21+,33-30+,39-37+,45-43+/t54-/m1/s1. The van der Waals surface area contributed by atoms with Gasteiger partial charge in [0.05, 0.1) is 27.7 Å². The topological polar surface area (TPSA) is 111 Å². The number of carbonyl (C=O) groups is 2. The van der Waals surface area contributed by atoms with Crippen LogP contribution in [-0.2, 0) is 32.7 Å². The molecule has 382 valence electrons. The first-order valence-corrected chi connectivity index (χ1v) is 28.1. The number of carbonyl (C=O) groups excluding carboxylic acids is 2. The van der Waals surface area contributed by atoms with Gasteiger partial charge in [0.1, 0.15) is 19.8 Å². The summed E-state index contributed by atoms with van der Waals surface area (Å²) >= 11 is 0. The zero-order valence-electron chi connectivity index (χ0n) is 43.1. The summed E-state index contributed by atoms with van der Waals surface area (Å²) in [6, 6.07) is 0. The number of hydrogen-bond acceptors (Lipinski definition) is 8. The number of phosphoric acid groups is 1. The van der Waals surface area contributed by atoms with Gasteiger partial charge in [0.15, 0.2) is 6.10 Å². The Labute approximate surface area is 406 Å². The summed E-state index contributed by atoms with van der Waals surface area (Å²) in [5.41, 5.74) is 0. The molecule has 0 rings (SSSR count). The fourth-order valence-corrected chi connectivity index (χ4v) is 7.88. The van der Waals surface area contributed by atoms with Crippen LogP contribution in [0.15, 0.2) is 72.9 Å². The molecular formula is C56H100NO8P. The van der Waals surface area contributed by atoms with Crippen molar-refractivity contribution in [2.75, 3.05) is 47.5 Å². The number of hydrogen-bond donors (Lipinski definition) is 0. The first kappa shape index (κ1) is 63.5. The molecule has 0 aromatic carbocycles. The quantitative estimate of drug-likeness (QED) is 0.0195. The molecule has 0 aliphatic heterocycles. The highest BCUT2D eigenvalue weighted by atomic mass is 31.2. The zero-order valence-corrected chi connectivity index (χ0v) is 44.0. The minimum Gasteiger partial charge on any atom is -0.756 e. The van der Waals surface area contributed by atoms with Crippen LogP contribution in [0, 0.1) is 0 Å². The van der Waals surface area contributed by atoms with Crippen molar-refractivity contribution in [3.63, 3.8) is 0 Å². The van der Waals surface area contributed by atoms with Crippen LogP contribution >= 0.6 is 7.82 Å². The van der Waals surface area contributed by atoms with Crippen molar-refractivity contribution in [3.8, 4) is 0 Å². The Morgan fingerprint density at radius 3 is 1.26 bits per heavy atom. The predicted octanol–water partition coefficient (Wildman–Crippen LogP) is 15.5. The summed E-state index contributed by atoms with van der Waals surface area (Å²) in [6.07, 6.45) is 61.1. The second-order valence-electron chi connectivity index (χ2n) is 18.9. The van der Waals surface area contributed by atoms with Crippen molar-refractivity contribution in [1.82, 2.24) is 0 Å². The number of unbranched alkanes of at least 4 members (excludes halogenated alkanes) is 22. The molecule has 0 spiro atoms. The summed E-state index contributed by atoms with van der Waals surface area (Å²) in [5.74, 6) is -0.928. The number of phosphoric ester groups is 1. The Kier molecular flexibility index (Phi) is 45.7. The van der Waals surface area contributed by atoms with E-state index in [1.54, 1.807) is 0 Å². The third-order valence-electron chi connectivity index (χ3n) is 11.3. The van der Waals surface area contributed by atoms with E-state index in [9.17, 15) is 19.0 Å². The summed E-state index contributed by atoms with van der Waals surface area (Å²) in [4.78, 5) is 37.7. The average Bonchev–Trinajstić information content (AvgIpc) is 3.27. The van der Waals surface area contributed by atoms with E-state index in [0.29, 0.717) is 17.4 Å².